The predicted molar refractivity (Wildman–Crippen MR) is 95.1 cm³/mol. The van der Waals surface area contributed by atoms with Gasteiger partial charge in [0, 0.05) is 11.2 Å². The van der Waals surface area contributed by atoms with E-state index in [9.17, 15) is 4.79 Å². The maximum Gasteiger partial charge on any atom is 0.254 e. The molecule has 0 aliphatic rings. The molecule has 0 bridgehead atoms. The van der Waals surface area contributed by atoms with E-state index < -0.39 is 0 Å². The molecule has 4 nitrogen and oxygen atoms in total. The molecule has 0 fully saturated rings. The van der Waals surface area contributed by atoms with Crippen molar-refractivity contribution in [3.8, 4) is 0 Å². The molecule has 24 heavy (non-hydrogen) atoms. The molecule has 0 spiro atoms. The second-order valence-electron chi connectivity index (χ2n) is 5.66. The summed E-state index contributed by atoms with van der Waals surface area (Å²) in [5.74, 6) is -0.142. The molecule has 0 saturated heterocycles. The molecule has 1 unspecified atom stereocenters. The van der Waals surface area contributed by atoms with Gasteiger partial charge in [0.2, 0.25) is 0 Å². The number of carbonyl (C=O) groups is 1. The Morgan fingerprint density at radius 3 is 2.58 bits per heavy atom. The van der Waals surface area contributed by atoms with Crippen molar-refractivity contribution < 1.29 is 4.79 Å². The molecule has 1 aromatic heterocycles. The van der Waals surface area contributed by atoms with Crippen LogP contribution in [0.3, 0.4) is 0 Å². The van der Waals surface area contributed by atoms with Crippen LogP contribution in [0.5, 0.6) is 0 Å². The first-order valence-electron chi connectivity index (χ1n) is 7.74. The van der Waals surface area contributed by atoms with Gasteiger partial charge in [0.15, 0.2) is 0 Å². The van der Waals surface area contributed by atoms with Gasteiger partial charge < -0.3 is 5.32 Å². The van der Waals surface area contributed by atoms with Crippen LogP contribution in [-0.2, 0) is 6.54 Å². The fourth-order valence-electron chi connectivity index (χ4n) is 2.45. The summed E-state index contributed by atoms with van der Waals surface area (Å²) in [4.78, 5) is 12.4. The van der Waals surface area contributed by atoms with E-state index in [-0.39, 0.29) is 11.9 Å². The molecule has 0 radical (unpaired) electrons. The molecular weight excluding hydrogens is 322 g/mol. The van der Waals surface area contributed by atoms with E-state index >= 15 is 0 Å². The average Bonchev–Trinajstić information content (AvgIpc) is 3.05. The van der Waals surface area contributed by atoms with Crippen LogP contribution < -0.4 is 5.32 Å². The first-order chi connectivity index (χ1) is 11.6. The topological polar surface area (TPSA) is 46.9 Å². The van der Waals surface area contributed by atoms with Crippen LogP contribution in [0, 0.1) is 0 Å². The lowest BCUT2D eigenvalue weighted by molar-refractivity contribution is 0.0940. The van der Waals surface area contributed by atoms with Crippen LogP contribution >= 0.6 is 11.6 Å². The van der Waals surface area contributed by atoms with Crippen molar-refractivity contribution in [3.63, 3.8) is 0 Å². The van der Waals surface area contributed by atoms with Crippen molar-refractivity contribution in [2.75, 3.05) is 0 Å². The molecule has 1 amide bonds. The van der Waals surface area contributed by atoms with Crippen molar-refractivity contribution in [2.45, 2.75) is 19.5 Å². The van der Waals surface area contributed by atoms with Gasteiger partial charge in [0.05, 0.1) is 24.3 Å². The maximum atomic E-state index is 12.4. The van der Waals surface area contributed by atoms with Crippen molar-refractivity contribution in [2.24, 2.45) is 0 Å². The number of hydrogen-bond donors (Lipinski definition) is 1. The zero-order chi connectivity index (χ0) is 16.9. The number of carbonyl (C=O) groups excluding carboxylic acids is 1. The normalized spacial score (nSPS) is 11.9. The van der Waals surface area contributed by atoms with E-state index in [0.717, 1.165) is 11.1 Å². The number of nitrogens with zero attached hydrogens (tertiary/aromatic N) is 2. The van der Waals surface area contributed by atoms with Crippen LogP contribution in [0.2, 0.25) is 5.02 Å². The third-order valence-corrected chi connectivity index (χ3v) is 4.05. The Kier molecular flexibility index (Phi) is 4.96. The summed E-state index contributed by atoms with van der Waals surface area (Å²) in [5, 5.41) is 7.92. The van der Waals surface area contributed by atoms with E-state index in [1.54, 1.807) is 17.1 Å². The van der Waals surface area contributed by atoms with Crippen LogP contribution in [0.25, 0.3) is 0 Å². The molecule has 0 saturated carbocycles. The second kappa shape index (κ2) is 7.32. The first-order valence-corrected chi connectivity index (χ1v) is 8.12. The minimum Gasteiger partial charge on any atom is -0.345 e. The SMILES string of the molecule is CC(NC(=O)c1cnn(Cc2ccccc2)c1)c1ccc(Cl)cc1. The highest BCUT2D eigenvalue weighted by molar-refractivity contribution is 6.30. The van der Waals surface area contributed by atoms with Gasteiger partial charge in [-0.05, 0) is 30.2 Å². The number of halogens is 1. The minimum absolute atomic E-state index is 0.104. The smallest absolute Gasteiger partial charge is 0.254 e. The lowest BCUT2D eigenvalue weighted by Gasteiger charge is -2.13. The number of aromatic nitrogens is 2. The van der Waals surface area contributed by atoms with Gasteiger partial charge in [-0.25, -0.2) is 0 Å². The molecule has 2 aromatic carbocycles. The summed E-state index contributed by atoms with van der Waals surface area (Å²) < 4.78 is 1.76. The molecule has 0 aliphatic carbocycles. The summed E-state index contributed by atoms with van der Waals surface area (Å²) >= 11 is 5.89. The average molecular weight is 340 g/mol. The van der Waals surface area contributed by atoms with Crippen molar-refractivity contribution in [1.82, 2.24) is 15.1 Å². The Morgan fingerprint density at radius 2 is 1.88 bits per heavy atom. The molecule has 122 valence electrons. The Hall–Kier alpha value is -2.59. The summed E-state index contributed by atoms with van der Waals surface area (Å²) in [7, 11) is 0. The summed E-state index contributed by atoms with van der Waals surface area (Å²) in [6, 6.07) is 17.4. The lowest BCUT2D eigenvalue weighted by Crippen LogP contribution is -2.26. The number of rotatable bonds is 5. The van der Waals surface area contributed by atoms with Gasteiger partial charge in [0.25, 0.3) is 5.91 Å². The second-order valence-corrected chi connectivity index (χ2v) is 6.10. The quantitative estimate of drug-likeness (QED) is 0.761. The van der Waals surface area contributed by atoms with Crippen LogP contribution in [-0.4, -0.2) is 15.7 Å². The molecule has 3 rings (SSSR count). The molecule has 1 N–H and O–H groups in total. The maximum absolute atomic E-state index is 12.4. The molecule has 5 heteroatoms. The van der Waals surface area contributed by atoms with Crippen molar-refractivity contribution >= 4 is 17.5 Å². The molecule has 1 heterocycles. The monoisotopic (exact) mass is 339 g/mol. The van der Waals surface area contributed by atoms with Gasteiger partial charge in [0.1, 0.15) is 0 Å². The van der Waals surface area contributed by atoms with Gasteiger partial charge in [-0.1, -0.05) is 54.1 Å². The van der Waals surface area contributed by atoms with E-state index in [1.165, 1.54) is 0 Å². The van der Waals surface area contributed by atoms with Crippen LogP contribution in [0.15, 0.2) is 67.0 Å². The molecule has 0 aliphatic heterocycles. The molecule has 3 aromatic rings. The van der Waals surface area contributed by atoms with E-state index in [4.69, 9.17) is 11.6 Å². The number of hydrogen-bond acceptors (Lipinski definition) is 2. The van der Waals surface area contributed by atoms with E-state index in [1.807, 2.05) is 61.5 Å². The van der Waals surface area contributed by atoms with Crippen LogP contribution in [0.1, 0.15) is 34.5 Å². The fraction of sp³-hybridized carbons (Fsp3) is 0.158. The zero-order valence-electron chi connectivity index (χ0n) is 13.3. The van der Waals surface area contributed by atoms with Crippen LogP contribution in [0.4, 0.5) is 0 Å². The van der Waals surface area contributed by atoms with E-state index in [0.29, 0.717) is 17.1 Å². The number of amides is 1. The largest absolute Gasteiger partial charge is 0.345 e. The summed E-state index contributed by atoms with van der Waals surface area (Å²) in [5.41, 5.74) is 2.69. The highest BCUT2D eigenvalue weighted by atomic mass is 35.5. The zero-order valence-corrected chi connectivity index (χ0v) is 14.1. The van der Waals surface area contributed by atoms with Gasteiger partial charge in [-0.2, -0.15) is 5.10 Å². The third kappa shape index (κ3) is 4.03. The summed E-state index contributed by atoms with van der Waals surface area (Å²) in [6.07, 6.45) is 3.35. The Bertz CT molecular complexity index is 812. The number of nitrogens with one attached hydrogen (secondary N) is 1. The van der Waals surface area contributed by atoms with E-state index in [2.05, 4.69) is 10.4 Å². The van der Waals surface area contributed by atoms with Gasteiger partial charge in [-0.3, -0.25) is 9.48 Å². The van der Waals surface area contributed by atoms with Gasteiger partial charge >= 0.3 is 0 Å². The number of benzene rings is 2. The van der Waals surface area contributed by atoms with Gasteiger partial charge in [-0.15, -0.1) is 0 Å². The highest BCUT2D eigenvalue weighted by Gasteiger charge is 2.13. The van der Waals surface area contributed by atoms with Crippen molar-refractivity contribution in [3.05, 3.63) is 88.7 Å². The summed E-state index contributed by atoms with van der Waals surface area (Å²) in [6.45, 7) is 2.58. The molecular formula is C19H18ClN3O. The first kappa shape index (κ1) is 16.3. The fourth-order valence-corrected chi connectivity index (χ4v) is 2.58. The Balaban J connectivity index is 1.64. The third-order valence-electron chi connectivity index (χ3n) is 3.80. The molecule has 1 atom stereocenters. The Labute approximate surface area is 146 Å². The lowest BCUT2D eigenvalue weighted by atomic mass is 10.1. The highest BCUT2D eigenvalue weighted by Crippen LogP contribution is 2.16. The Morgan fingerprint density at radius 1 is 1.17 bits per heavy atom. The minimum atomic E-state index is -0.142. The van der Waals surface area contributed by atoms with Crippen molar-refractivity contribution in [1.29, 1.82) is 0 Å². The standard InChI is InChI=1S/C19H18ClN3O/c1-14(16-7-9-18(20)10-8-16)22-19(24)17-11-21-23(13-17)12-15-5-3-2-4-6-15/h2-11,13-14H,12H2,1H3,(H,22,24). The predicted octanol–water partition coefficient (Wildman–Crippen LogP) is 4.08.